The maximum Gasteiger partial charge on any atom is 0.337 e. The summed E-state index contributed by atoms with van der Waals surface area (Å²) in [6.45, 7) is 2.57. The molecule has 0 bridgehead atoms. The average Bonchev–Trinajstić information content (AvgIpc) is 2.73. The number of ether oxygens (including phenoxy) is 3. The molecular weight excluding hydrogens is 414 g/mol. The molecule has 6 nitrogen and oxygen atoms in total. The molecular formula is C21H18F2N2O4S. The molecule has 0 spiro atoms. The molecule has 2 aromatic carbocycles. The van der Waals surface area contributed by atoms with Gasteiger partial charge >= 0.3 is 5.97 Å². The van der Waals surface area contributed by atoms with Crippen molar-refractivity contribution in [2.45, 2.75) is 13.0 Å². The van der Waals surface area contributed by atoms with Crippen LogP contribution in [0.4, 0.5) is 14.5 Å². The van der Waals surface area contributed by atoms with Gasteiger partial charge in [-0.15, -0.1) is 0 Å². The Kier molecular flexibility index (Phi) is 5.29. The Balaban J connectivity index is 1.82. The van der Waals surface area contributed by atoms with Gasteiger partial charge in [0.15, 0.2) is 16.6 Å². The largest absolute Gasteiger partial charge is 0.486 e. The Bertz CT molecular complexity index is 1070. The van der Waals surface area contributed by atoms with E-state index < -0.39 is 23.6 Å². The average molecular weight is 432 g/mol. The fourth-order valence-electron chi connectivity index (χ4n) is 3.57. The summed E-state index contributed by atoms with van der Waals surface area (Å²) in [7, 11) is 1.24. The molecule has 2 aromatic rings. The van der Waals surface area contributed by atoms with Gasteiger partial charge in [-0.3, -0.25) is 4.90 Å². The van der Waals surface area contributed by atoms with Crippen molar-refractivity contribution in [3.63, 3.8) is 0 Å². The second kappa shape index (κ2) is 7.91. The fraction of sp³-hybridized carbons (Fsp3) is 0.238. The van der Waals surface area contributed by atoms with Crippen molar-refractivity contribution in [1.82, 2.24) is 5.32 Å². The zero-order chi connectivity index (χ0) is 21.4. The molecule has 0 fully saturated rings. The number of methoxy groups -OCH3 is 1. The van der Waals surface area contributed by atoms with Crippen molar-refractivity contribution < 1.29 is 27.8 Å². The number of carbonyl (C=O) groups is 1. The molecule has 0 saturated carbocycles. The van der Waals surface area contributed by atoms with E-state index in [9.17, 15) is 13.6 Å². The van der Waals surface area contributed by atoms with Crippen LogP contribution in [-0.2, 0) is 9.53 Å². The molecule has 30 heavy (non-hydrogen) atoms. The van der Waals surface area contributed by atoms with Crippen LogP contribution in [0.3, 0.4) is 0 Å². The van der Waals surface area contributed by atoms with Crippen LogP contribution in [0.2, 0.25) is 0 Å². The zero-order valence-corrected chi connectivity index (χ0v) is 17.0. The highest BCUT2D eigenvalue weighted by atomic mass is 32.1. The van der Waals surface area contributed by atoms with Crippen molar-refractivity contribution in [3.05, 3.63) is 64.9 Å². The number of esters is 1. The second-order valence-electron chi connectivity index (χ2n) is 6.70. The lowest BCUT2D eigenvalue weighted by Gasteiger charge is -2.37. The normalized spacial score (nSPS) is 18.2. The van der Waals surface area contributed by atoms with Crippen LogP contribution in [0.15, 0.2) is 47.7 Å². The molecule has 2 aliphatic heterocycles. The number of anilines is 1. The monoisotopic (exact) mass is 432 g/mol. The summed E-state index contributed by atoms with van der Waals surface area (Å²) in [5.41, 5.74) is 1.33. The molecule has 0 aromatic heterocycles. The van der Waals surface area contributed by atoms with E-state index in [0.29, 0.717) is 36.1 Å². The highest BCUT2D eigenvalue weighted by Crippen LogP contribution is 2.39. The maximum absolute atomic E-state index is 14.5. The number of fused-ring (bicyclic) bond motifs is 1. The number of nitrogens with zero attached hydrogens (tertiary/aromatic N) is 1. The number of allylic oxidation sites excluding steroid dienone is 1. The van der Waals surface area contributed by atoms with E-state index in [-0.39, 0.29) is 16.2 Å². The van der Waals surface area contributed by atoms with E-state index in [0.717, 1.165) is 12.1 Å². The molecule has 0 aliphatic carbocycles. The van der Waals surface area contributed by atoms with Gasteiger partial charge < -0.3 is 19.5 Å². The Morgan fingerprint density at radius 3 is 2.60 bits per heavy atom. The van der Waals surface area contributed by atoms with Crippen molar-refractivity contribution in [3.8, 4) is 11.5 Å². The number of halogens is 2. The highest BCUT2D eigenvalue weighted by molar-refractivity contribution is 7.80. The third-order valence-corrected chi connectivity index (χ3v) is 5.25. The number of hydrogen-bond acceptors (Lipinski definition) is 5. The number of carbonyl (C=O) groups excluding carboxylic acids is 1. The Labute approximate surface area is 177 Å². The van der Waals surface area contributed by atoms with Crippen molar-refractivity contribution in [1.29, 1.82) is 0 Å². The summed E-state index contributed by atoms with van der Waals surface area (Å²) in [4.78, 5) is 14.3. The van der Waals surface area contributed by atoms with Gasteiger partial charge in [0.25, 0.3) is 0 Å². The lowest BCUT2D eigenvalue weighted by atomic mass is 9.94. The van der Waals surface area contributed by atoms with Gasteiger partial charge in [0, 0.05) is 23.4 Å². The van der Waals surface area contributed by atoms with Crippen LogP contribution in [0.5, 0.6) is 11.5 Å². The molecule has 1 atom stereocenters. The van der Waals surface area contributed by atoms with Gasteiger partial charge in [-0.05, 0) is 37.3 Å². The minimum Gasteiger partial charge on any atom is -0.486 e. The Morgan fingerprint density at radius 1 is 1.17 bits per heavy atom. The lowest BCUT2D eigenvalue weighted by Crippen LogP contribution is -2.48. The first-order valence-corrected chi connectivity index (χ1v) is 9.56. The third-order valence-electron chi connectivity index (χ3n) is 4.95. The van der Waals surface area contributed by atoms with Gasteiger partial charge in [-0.25, -0.2) is 13.6 Å². The summed E-state index contributed by atoms with van der Waals surface area (Å²) in [5, 5.41) is 3.22. The van der Waals surface area contributed by atoms with Crippen LogP contribution in [0.1, 0.15) is 18.5 Å². The standard InChI is InChI=1S/C21H18F2N2O4S/c1-11-18(20(26)27-2)19(14-5-3-12(22)9-15(14)23)24-21(30)25(11)13-4-6-16-17(10-13)29-8-7-28-16/h3-6,9-10,19H,7-8H2,1-2H3,(H,24,30). The summed E-state index contributed by atoms with van der Waals surface area (Å²) >= 11 is 5.52. The summed E-state index contributed by atoms with van der Waals surface area (Å²) in [6.07, 6.45) is 0. The lowest BCUT2D eigenvalue weighted by molar-refractivity contribution is -0.136. The number of benzene rings is 2. The van der Waals surface area contributed by atoms with Crippen molar-refractivity contribution >= 4 is 29.0 Å². The van der Waals surface area contributed by atoms with Gasteiger partial charge in [0.2, 0.25) is 0 Å². The molecule has 2 heterocycles. The minimum absolute atomic E-state index is 0.0836. The van der Waals surface area contributed by atoms with E-state index in [1.807, 2.05) is 0 Å². The molecule has 1 N–H and O–H groups in total. The molecule has 0 amide bonds. The minimum atomic E-state index is -0.931. The Morgan fingerprint density at radius 2 is 1.90 bits per heavy atom. The molecule has 0 saturated heterocycles. The quantitative estimate of drug-likeness (QED) is 0.587. The second-order valence-corrected chi connectivity index (χ2v) is 7.09. The first-order valence-electron chi connectivity index (χ1n) is 9.15. The van der Waals surface area contributed by atoms with Crippen LogP contribution in [0.25, 0.3) is 0 Å². The van der Waals surface area contributed by atoms with Gasteiger partial charge in [0.1, 0.15) is 24.8 Å². The van der Waals surface area contributed by atoms with E-state index in [4.69, 9.17) is 26.4 Å². The molecule has 156 valence electrons. The SMILES string of the molecule is COC(=O)C1=C(C)N(c2ccc3c(c2)OCCO3)C(=S)NC1c1ccc(F)cc1F. The summed E-state index contributed by atoms with van der Waals surface area (Å²) in [6, 6.07) is 7.51. The number of thiocarbonyl (C=S) groups is 1. The van der Waals surface area contributed by atoms with Gasteiger partial charge in [-0.1, -0.05) is 6.07 Å². The molecule has 1 unspecified atom stereocenters. The predicted molar refractivity (Wildman–Crippen MR) is 109 cm³/mol. The van der Waals surface area contributed by atoms with Crippen LogP contribution in [-0.4, -0.2) is 31.4 Å². The van der Waals surface area contributed by atoms with Crippen molar-refractivity contribution in [2.75, 3.05) is 25.2 Å². The van der Waals surface area contributed by atoms with Gasteiger partial charge in [0.05, 0.1) is 24.4 Å². The molecule has 2 aliphatic rings. The van der Waals surface area contributed by atoms with E-state index >= 15 is 0 Å². The first kappa shape index (κ1) is 20.1. The maximum atomic E-state index is 14.5. The van der Waals surface area contributed by atoms with Crippen LogP contribution >= 0.6 is 12.2 Å². The zero-order valence-electron chi connectivity index (χ0n) is 16.2. The first-order chi connectivity index (χ1) is 14.4. The number of nitrogens with one attached hydrogen (secondary N) is 1. The third kappa shape index (κ3) is 3.45. The Hall–Kier alpha value is -3.20. The number of hydrogen-bond donors (Lipinski definition) is 1. The molecule has 9 heteroatoms. The van der Waals surface area contributed by atoms with Crippen LogP contribution in [0, 0.1) is 11.6 Å². The van der Waals surface area contributed by atoms with Gasteiger partial charge in [-0.2, -0.15) is 0 Å². The molecule has 0 radical (unpaired) electrons. The highest BCUT2D eigenvalue weighted by Gasteiger charge is 2.36. The predicted octanol–water partition coefficient (Wildman–Crippen LogP) is 3.62. The fourth-order valence-corrected chi connectivity index (χ4v) is 3.93. The van der Waals surface area contributed by atoms with E-state index in [1.54, 1.807) is 30.0 Å². The number of rotatable bonds is 3. The summed E-state index contributed by atoms with van der Waals surface area (Å²) in [5.74, 6) is -0.994. The summed E-state index contributed by atoms with van der Waals surface area (Å²) < 4.78 is 44.0. The van der Waals surface area contributed by atoms with E-state index in [1.165, 1.54) is 13.2 Å². The van der Waals surface area contributed by atoms with Crippen molar-refractivity contribution in [2.24, 2.45) is 0 Å². The van der Waals surface area contributed by atoms with Crippen LogP contribution < -0.4 is 19.7 Å². The molecule has 4 rings (SSSR count). The topological polar surface area (TPSA) is 60.0 Å². The van der Waals surface area contributed by atoms with E-state index in [2.05, 4.69) is 5.32 Å². The smallest absolute Gasteiger partial charge is 0.337 e.